The number of benzene rings is 1. The van der Waals surface area contributed by atoms with Crippen molar-refractivity contribution in [3.05, 3.63) is 81.0 Å². The number of rotatable bonds is 8. The monoisotopic (exact) mass is 620 g/mol. The molecule has 210 valence electrons. The van der Waals surface area contributed by atoms with Crippen molar-refractivity contribution >= 4 is 44.3 Å². The Labute approximate surface area is 234 Å². The molecule has 0 bridgehead atoms. The first kappa shape index (κ1) is 29.1. The fourth-order valence-corrected chi connectivity index (χ4v) is 4.33. The Hall–Kier alpha value is -3.88. The van der Waals surface area contributed by atoms with E-state index in [0.29, 0.717) is 27.2 Å². The van der Waals surface area contributed by atoms with Crippen LogP contribution < -0.4 is 10.6 Å². The zero-order valence-corrected chi connectivity index (χ0v) is 22.8. The zero-order chi connectivity index (χ0) is 29.2. The lowest BCUT2D eigenvalue weighted by molar-refractivity contribution is -0.141. The van der Waals surface area contributed by atoms with Gasteiger partial charge in [-0.05, 0) is 50.2 Å². The molecule has 0 aliphatic heterocycles. The van der Waals surface area contributed by atoms with Crippen molar-refractivity contribution in [2.75, 3.05) is 18.5 Å². The molecule has 14 heteroatoms. The molecule has 3 aromatic heterocycles. The van der Waals surface area contributed by atoms with Crippen LogP contribution in [0.5, 0.6) is 0 Å². The maximum atomic E-state index is 13.5. The highest BCUT2D eigenvalue weighted by molar-refractivity contribution is 9.10. The van der Waals surface area contributed by atoms with E-state index in [1.807, 2.05) is 0 Å². The second-order valence-corrected chi connectivity index (χ2v) is 9.86. The van der Waals surface area contributed by atoms with Crippen LogP contribution in [0.2, 0.25) is 0 Å². The van der Waals surface area contributed by atoms with Gasteiger partial charge in [-0.15, -0.1) is 0 Å². The van der Waals surface area contributed by atoms with Crippen molar-refractivity contribution in [3.63, 3.8) is 0 Å². The molecule has 10 nitrogen and oxygen atoms in total. The van der Waals surface area contributed by atoms with Gasteiger partial charge >= 0.3 is 6.18 Å². The Bertz CT molecular complexity index is 1570. The number of anilines is 1. The fourth-order valence-electron chi connectivity index (χ4n) is 3.97. The first-order valence-corrected chi connectivity index (χ1v) is 12.7. The number of carbonyl (C=O) groups is 2. The van der Waals surface area contributed by atoms with Crippen LogP contribution in [0.3, 0.4) is 0 Å². The van der Waals surface area contributed by atoms with Crippen molar-refractivity contribution in [1.82, 2.24) is 25.1 Å². The Morgan fingerprint density at radius 3 is 2.42 bits per heavy atom. The van der Waals surface area contributed by atoms with Crippen LogP contribution in [0.25, 0.3) is 10.9 Å². The van der Waals surface area contributed by atoms with Gasteiger partial charge in [-0.1, -0.05) is 15.9 Å². The molecular weight excluding hydrogens is 597 g/mol. The molecule has 4 N–H and O–H groups in total. The predicted molar refractivity (Wildman–Crippen MR) is 143 cm³/mol. The summed E-state index contributed by atoms with van der Waals surface area (Å²) in [4.78, 5) is 33.4. The maximum Gasteiger partial charge on any atom is 0.433 e. The molecule has 0 aliphatic carbocycles. The van der Waals surface area contributed by atoms with Gasteiger partial charge in [0.05, 0.1) is 65.2 Å². The Morgan fingerprint density at radius 1 is 1.07 bits per heavy atom. The average Bonchev–Trinajstić information content (AvgIpc) is 3.17. The molecule has 4 rings (SSSR count). The number of nitrogens with one attached hydrogen (secondary N) is 2. The standard InChI is InChI=1S/C26H24BrF3N6O4/c1-13-23(34-25(40)20-8-22(26(28,29)30)33-21-6-4-16(27)7-19(20)21)14(2)36(35-13)10-17-5-3-15(9-31-17)24(39)32-18(11-37)12-38/h3-9,18,37-38H,10-12H2,1-2H3,(H,32,39)(H,34,40). The van der Waals surface area contributed by atoms with Gasteiger partial charge in [0.15, 0.2) is 0 Å². The SMILES string of the molecule is Cc1nn(Cc2ccc(C(=O)NC(CO)CO)cn2)c(C)c1NC(=O)c1cc(C(F)(F)F)nc2ccc(Br)cc12. The summed E-state index contributed by atoms with van der Waals surface area (Å²) < 4.78 is 42.6. The first-order chi connectivity index (χ1) is 18.9. The molecule has 0 saturated carbocycles. The number of halogens is 4. The lowest BCUT2D eigenvalue weighted by Crippen LogP contribution is -2.40. The number of hydrogen-bond acceptors (Lipinski definition) is 7. The summed E-state index contributed by atoms with van der Waals surface area (Å²) in [6.45, 7) is 2.71. The summed E-state index contributed by atoms with van der Waals surface area (Å²) in [5, 5.41) is 28.1. The molecule has 0 atom stereocenters. The average molecular weight is 621 g/mol. The summed E-state index contributed by atoms with van der Waals surface area (Å²) >= 11 is 3.28. The van der Waals surface area contributed by atoms with Gasteiger partial charge in [0.1, 0.15) is 5.69 Å². The van der Waals surface area contributed by atoms with Crippen molar-refractivity contribution in [1.29, 1.82) is 0 Å². The van der Waals surface area contributed by atoms with E-state index in [1.165, 1.54) is 24.4 Å². The van der Waals surface area contributed by atoms with Crippen LogP contribution in [0.15, 0.2) is 47.1 Å². The molecule has 3 heterocycles. The van der Waals surface area contributed by atoms with E-state index in [1.54, 1.807) is 30.7 Å². The Balaban J connectivity index is 1.57. The fraction of sp³-hybridized carbons (Fsp3) is 0.269. The highest BCUT2D eigenvalue weighted by atomic mass is 79.9. The molecule has 0 fully saturated rings. The number of hydrogen-bond donors (Lipinski definition) is 4. The highest BCUT2D eigenvalue weighted by Crippen LogP contribution is 2.32. The lowest BCUT2D eigenvalue weighted by Gasteiger charge is -2.13. The second kappa shape index (κ2) is 11.7. The molecule has 0 unspecified atom stereocenters. The largest absolute Gasteiger partial charge is 0.433 e. The predicted octanol–water partition coefficient (Wildman–Crippen LogP) is 3.61. The molecular formula is C26H24BrF3N6O4. The van der Waals surface area contributed by atoms with Crippen molar-refractivity contribution < 1.29 is 33.0 Å². The maximum absolute atomic E-state index is 13.5. The number of aliphatic hydroxyl groups is 2. The minimum Gasteiger partial charge on any atom is -0.394 e. The third-order valence-corrected chi connectivity index (χ3v) is 6.59. The summed E-state index contributed by atoms with van der Waals surface area (Å²) in [6, 6.07) is 7.55. The van der Waals surface area contributed by atoms with E-state index in [9.17, 15) is 22.8 Å². The summed E-state index contributed by atoms with van der Waals surface area (Å²) in [5.74, 6) is -1.26. The highest BCUT2D eigenvalue weighted by Gasteiger charge is 2.34. The van der Waals surface area contributed by atoms with Crippen molar-refractivity contribution in [2.45, 2.75) is 32.6 Å². The van der Waals surface area contributed by atoms with E-state index in [-0.39, 0.29) is 28.6 Å². The van der Waals surface area contributed by atoms with Gasteiger partial charge in [-0.3, -0.25) is 19.3 Å². The Morgan fingerprint density at radius 2 is 1.80 bits per heavy atom. The number of fused-ring (bicyclic) bond motifs is 1. The van der Waals surface area contributed by atoms with E-state index in [0.717, 1.165) is 6.07 Å². The molecule has 4 aromatic rings. The second-order valence-electron chi connectivity index (χ2n) is 8.95. The molecule has 0 aliphatic rings. The lowest BCUT2D eigenvalue weighted by atomic mass is 10.1. The van der Waals surface area contributed by atoms with Crippen LogP contribution >= 0.6 is 15.9 Å². The number of aryl methyl sites for hydroxylation is 1. The number of aromatic nitrogens is 4. The summed E-state index contributed by atoms with van der Waals surface area (Å²) in [7, 11) is 0. The van der Waals surface area contributed by atoms with Crippen LogP contribution in [-0.2, 0) is 12.7 Å². The van der Waals surface area contributed by atoms with Gasteiger partial charge in [-0.2, -0.15) is 18.3 Å². The van der Waals surface area contributed by atoms with E-state index in [4.69, 9.17) is 10.2 Å². The number of amides is 2. The summed E-state index contributed by atoms with van der Waals surface area (Å²) in [6.07, 6.45) is -3.40. The minimum absolute atomic E-state index is 0.0266. The third kappa shape index (κ3) is 6.29. The van der Waals surface area contributed by atoms with Gasteiger partial charge in [-0.25, -0.2) is 4.98 Å². The van der Waals surface area contributed by atoms with Gasteiger partial charge in [0.25, 0.3) is 11.8 Å². The van der Waals surface area contributed by atoms with Crippen LogP contribution in [-0.4, -0.2) is 61.0 Å². The van der Waals surface area contributed by atoms with Gasteiger partial charge in [0, 0.05) is 16.1 Å². The van der Waals surface area contributed by atoms with Crippen molar-refractivity contribution in [3.8, 4) is 0 Å². The minimum atomic E-state index is -4.74. The number of aliphatic hydroxyl groups excluding tert-OH is 2. The number of pyridine rings is 2. The third-order valence-electron chi connectivity index (χ3n) is 6.10. The smallest absolute Gasteiger partial charge is 0.394 e. The zero-order valence-electron chi connectivity index (χ0n) is 21.3. The van der Waals surface area contributed by atoms with Crippen LogP contribution in [0.4, 0.5) is 18.9 Å². The first-order valence-electron chi connectivity index (χ1n) is 11.9. The molecule has 0 spiro atoms. The van der Waals surface area contributed by atoms with Crippen molar-refractivity contribution in [2.24, 2.45) is 0 Å². The topological polar surface area (TPSA) is 142 Å². The van der Waals surface area contributed by atoms with E-state index >= 15 is 0 Å². The van der Waals surface area contributed by atoms with E-state index < -0.39 is 42.9 Å². The normalized spacial score (nSPS) is 11.7. The van der Waals surface area contributed by atoms with E-state index in [2.05, 4.69) is 41.6 Å². The number of nitrogens with zero attached hydrogens (tertiary/aromatic N) is 4. The number of alkyl halides is 3. The molecule has 2 amide bonds. The molecule has 1 aromatic carbocycles. The summed E-state index contributed by atoms with van der Waals surface area (Å²) in [5.41, 5.74) is 0.753. The van der Waals surface area contributed by atoms with Crippen LogP contribution in [0, 0.1) is 13.8 Å². The quantitative estimate of drug-likeness (QED) is 0.236. The van der Waals surface area contributed by atoms with Crippen LogP contribution in [0.1, 0.15) is 43.5 Å². The number of carbonyl (C=O) groups excluding carboxylic acids is 2. The molecule has 0 radical (unpaired) electrons. The Kier molecular flexibility index (Phi) is 8.51. The molecule has 0 saturated heterocycles. The van der Waals surface area contributed by atoms with Gasteiger partial charge < -0.3 is 20.8 Å². The van der Waals surface area contributed by atoms with Gasteiger partial charge in [0.2, 0.25) is 0 Å². The molecule has 40 heavy (non-hydrogen) atoms.